The van der Waals surface area contributed by atoms with E-state index in [1.54, 1.807) is 0 Å². The highest BCUT2D eigenvalue weighted by Crippen LogP contribution is 2.79. The zero-order chi connectivity index (χ0) is 44.2. The summed E-state index contributed by atoms with van der Waals surface area (Å²) in [5.41, 5.74) is 7.46. The third-order valence-electron chi connectivity index (χ3n) is 16.5. The van der Waals surface area contributed by atoms with Crippen molar-refractivity contribution in [2.24, 2.45) is 17.3 Å². The van der Waals surface area contributed by atoms with Crippen LogP contribution in [0, 0.1) is 17.3 Å². The maximum Gasteiger partial charge on any atom is 0.494 e. The Morgan fingerprint density at radius 1 is 0.531 bits per heavy atom. The van der Waals surface area contributed by atoms with Crippen LogP contribution in [0.25, 0.3) is 34.2 Å². The number of halogens is 1. The average molecular weight is 868 g/mol. The van der Waals surface area contributed by atoms with Gasteiger partial charge in [-0.25, -0.2) is 15.0 Å². The Bertz CT molecular complexity index is 2720. The quantitative estimate of drug-likeness (QED) is 0.134. The second-order valence-electron chi connectivity index (χ2n) is 21.0. The molecule has 6 unspecified atom stereocenters. The summed E-state index contributed by atoms with van der Waals surface area (Å²) >= 11 is 6.40. The molecule has 0 amide bonds. The fourth-order valence-electron chi connectivity index (χ4n) is 11.7. The number of rotatable bonds is 9. The molecule has 5 aromatic carbocycles. The smallest absolute Gasteiger partial charge is 0.399 e. The van der Waals surface area contributed by atoms with Crippen molar-refractivity contribution in [2.45, 2.75) is 115 Å². The molecule has 5 aliphatic rings. The van der Waals surface area contributed by atoms with Gasteiger partial charge in [-0.1, -0.05) is 121 Å². The highest BCUT2D eigenvalue weighted by Gasteiger charge is 2.69. The van der Waals surface area contributed by atoms with Crippen LogP contribution in [0.3, 0.4) is 0 Å². The molecule has 1 spiro atoms. The minimum absolute atomic E-state index is 0.321. The molecule has 324 valence electrons. The van der Waals surface area contributed by atoms with E-state index in [9.17, 15) is 0 Å². The molecule has 7 nitrogen and oxygen atoms in total. The third kappa shape index (κ3) is 7.00. The number of aromatic nitrogens is 3. The van der Waals surface area contributed by atoms with E-state index < -0.39 is 18.3 Å². The van der Waals surface area contributed by atoms with Gasteiger partial charge in [-0.3, -0.25) is 0 Å². The monoisotopic (exact) mass is 867 g/mol. The number of benzene rings is 5. The molecule has 2 aliphatic heterocycles. The summed E-state index contributed by atoms with van der Waals surface area (Å²) in [7, 11) is -0.786. The minimum Gasteiger partial charge on any atom is -0.399 e. The molecule has 3 saturated carbocycles. The lowest BCUT2D eigenvalue weighted by molar-refractivity contribution is -0.144. The first-order valence-corrected chi connectivity index (χ1v) is 23.6. The van der Waals surface area contributed by atoms with Crippen molar-refractivity contribution in [2.75, 3.05) is 0 Å². The van der Waals surface area contributed by atoms with E-state index in [0.29, 0.717) is 46.2 Å². The second-order valence-corrected chi connectivity index (χ2v) is 21.4. The molecule has 2 saturated heterocycles. The molecular weight excluding hydrogens is 812 g/mol. The fourth-order valence-corrected chi connectivity index (χ4v) is 11.9. The third-order valence-corrected chi connectivity index (χ3v) is 16.7. The standard InChI is InChI=1S/C54H56B2ClN3O4/c1-50(2)51(3,4)62-55(61-50)43-25-21-36(22-26-43)46-31-42-30-41-28-40(33-54(41,42)46)35-19-23-44(24-20-35)56-63-52(5,6)53(7,64-56)32-34-13-11-16-38(27-34)48-58-47(37-14-9-8-10-15-37)59-49(60-48)39-17-12-18-45(57)29-39/h8-27,29,40-42,46H,28,30-33H2,1-7H3. The summed E-state index contributed by atoms with van der Waals surface area (Å²) in [6.07, 6.45) is 5.89. The molecule has 0 N–H and O–H groups in total. The van der Waals surface area contributed by atoms with E-state index in [-0.39, 0.29) is 18.3 Å². The molecule has 0 radical (unpaired) electrons. The van der Waals surface area contributed by atoms with E-state index in [0.717, 1.165) is 45.0 Å². The maximum atomic E-state index is 6.95. The van der Waals surface area contributed by atoms with Crippen molar-refractivity contribution in [3.8, 4) is 34.2 Å². The first-order chi connectivity index (χ1) is 30.6. The van der Waals surface area contributed by atoms with Crippen LogP contribution in [-0.4, -0.2) is 51.6 Å². The summed E-state index contributed by atoms with van der Waals surface area (Å²) in [6, 6.07) is 44.5. The fraction of sp³-hybridized carbons (Fsp3) is 0.389. The molecule has 3 heterocycles. The second kappa shape index (κ2) is 15.2. The summed E-state index contributed by atoms with van der Waals surface area (Å²) in [6.45, 7) is 14.9. The van der Waals surface area contributed by atoms with Crippen molar-refractivity contribution in [3.63, 3.8) is 0 Å². The molecule has 6 aromatic rings. The van der Waals surface area contributed by atoms with Gasteiger partial charge in [0.15, 0.2) is 17.5 Å². The molecule has 6 atom stereocenters. The SMILES string of the molecule is CC1(C)OB(c2ccc(C3CC4CC5CC(c6ccc(B7OC(C)(C)C(C)(Cc8cccc(-c9nc(-c%10ccccc%10)nc(-c%10cccc(Cl)c%10)n9)c8)O7)cc6)CC543)cc2)OC1(C)C. The molecular formula is C54H56B2ClN3O4. The molecule has 64 heavy (non-hydrogen) atoms. The summed E-state index contributed by atoms with van der Waals surface area (Å²) in [5.74, 6) is 4.63. The molecule has 3 aliphatic carbocycles. The van der Waals surface area contributed by atoms with Crippen molar-refractivity contribution in [1.29, 1.82) is 0 Å². The summed E-state index contributed by atoms with van der Waals surface area (Å²) in [5, 5.41) is 0.630. The van der Waals surface area contributed by atoms with Crippen molar-refractivity contribution < 1.29 is 18.6 Å². The van der Waals surface area contributed by atoms with Gasteiger partial charge in [0.2, 0.25) is 0 Å². The Labute approximate surface area is 384 Å². The zero-order valence-corrected chi connectivity index (χ0v) is 38.7. The van der Waals surface area contributed by atoms with Gasteiger partial charge in [0.1, 0.15) is 0 Å². The molecule has 10 heteroatoms. The van der Waals surface area contributed by atoms with Crippen LogP contribution in [-0.2, 0) is 25.0 Å². The molecule has 0 bridgehead atoms. The predicted octanol–water partition coefficient (Wildman–Crippen LogP) is 11.0. The van der Waals surface area contributed by atoms with Gasteiger partial charge in [0.25, 0.3) is 0 Å². The van der Waals surface area contributed by atoms with Gasteiger partial charge >= 0.3 is 14.2 Å². The van der Waals surface area contributed by atoms with Crippen LogP contribution in [0.1, 0.15) is 103 Å². The van der Waals surface area contributed by atoms with Gasteiger partial charge in [0.05, 0.1) is 22.4 Å². The van der Waals surface area contributed by atoms with Gasteiger partial charge < -0.3 is 18.6 Å². The summed E-state index contributed by atoms with van der Waals surface area (Å²) in [4.78, 5) is 14.8. The van der Waals surface area contributed by atoms with E-state index in [1.165, 1.54) is 36.8 Å². The Kier molecular flexibility index (Phi) is 9.99. The number of hydrogen-bond donors (Lipinski definition) is 0. The van der Waals surface area contributed by atoms with Crippen molar-refractivity contribution >= 4 is 36.8 Å². The lowest BCUT2D eigenvalue weighted by Crippen LogP contribution is -2.58. The Morgan fingerprint density at radius 3 is 1.69 bits per heavy atom. The van der Waals surface area contributed by atoms with Gasteiger partial charge in [-0.05, 0) is 149 Å². The van der Waals surface area contributed by atoms with Crippen LogP contribution in [0.5, 0.6) is 0 Å². The van der Waals surface area contributed by atoms with Crippen LogP contribution in [0.4, 0.5) is 0 Å². The van der Waals surface area contributed by atoms with E-state index in [1.807, 2.05) is 54.6 Å². The molecule has 1 aromatic heterocycles. The van der Waals surface area contributed by atoms with Gasteiger partial charge in [-0.15, -0.1) is 0 Å². The van der Waals surface area contributed by atoms with E-state index in [4.69, 9.17) is 45.2 Å². The van der Waals surface area contributed by atoms with Gasteiger partial charge in [0, 0.05) is 28.1 Å². The number of hydrogen-bond acceptors (Lipinski definition) is 7. The normalized spacial score (nSPS) is 28.3. The highest BCUT2D eigenvalue weighted by atomic mass is 35.5. The largest absolute Gasteiger partial charge is 0.494 e. The Morgan fingerprint density at radius 2 is 1.06 bits per heavy atom. The topological polar surface area (TPSA) is 75.6 Å². The lowest BCUT2D eigenvalue weighted by Gasteiger charge is -2.67. The minimum atomic E-state index is -0.601. The average Bonchev–Trinajstić information content (AvgIpc) is 3.85. The van der Waals surface area contributed by atoms with Crippen LogP contribution < -0.4 is 10.9 Å². The lowest BCUT2D eigenvalue weighted by atomic mass is 9.37. The Balaban J connectivity index is 0.780. The maximum absolute atomic E-state index is 6.95. The van der Waals surface area contributed by atoms with Gasteiger partial charge in [-0.2, -0.15) is 0 Å². The van der Waals surface area contributed by atoms with Crippen LogP contribution in [0.2, 0.25) is 5.02 Å². The molecule has 5 fully saturated rings. The zero-order valence-electron chi connectivity index (χ0n) is 38.0. The van der Waals surface area contributed by atoms with E-state index in [2.05, 4.69) is 121 Å². The summed E-state index contributed by atoms with van der Waals surface area (Å²) < 4.78 is 26.4. The molecule has 11 rings (SSSR count). The van der Waals surface area contributed by atoms with E-state index >= 15 is 0 Å². The number of nitrogens with zero attached hydrogens (tertiary/aromatic N) is 3. The van der Waals surface area contributed by atoms with Crippen LogP contribution >= 0.6 is 11.6 Å². The van der Waals surface area contributed by atoms with Crippen molar-refractivity contribution in [3.05, 3.63) is 149 Å². The highest BCUT2D eigenvalue weighted by molar-refractivity contribution is 6.62. The van der Waals surface area contributed by atoms with Crippen LogP contribution in [0.15, 0.2) is 127 Å². The van der Waals surface area contributed by atoms with Crippen molar-refractivity contribution in [1.82, 2.24) is 15.0 Å². The first kappa shape index (κ1) is 42.0. The predicted molar refractivity (Wildman–Crippen MR) is 257 cm³/mol. The first-order valence-electron chi connectivity index (χ1n) is 23.2. The Hall–Kier alpha value is -4.63.